The Balaban J connectivity index is 1.60. The second-order valence-corrected chi connectivity index (χ2v) is 6.63. The third-order valence-electron chi connectivity index (χ3n) is 3.54. The van der Waals surface area contributed by atoms with E-state index in [2.05, 4.69) is 15.1 Å². The fourth-order valence-corrected chi connectivity index (χ4v) is 3.02. The number of hydrogen-bond acceptors (Lipinski definition) is 6. The number of rotatable bonds is 4. The minimum Gasteiger partial charge on any atom is -0.419 e. The minimum absolute atomic E-state index is 0.374. The first-order chi connectivity index (χ1) is 10.5. The van der Waals surface area contributed by atoms with Crippen LogP contribution in [0.2, 0.25) is 0 Å². The molecule has 1 aromatic carbocycles. The highest BCUT2D eigenvalue weighted by Crippen LogP contribution is 2.18. The van der Waals surface area contributed by atoms with E-state index in [9.17, 15) is 8.42 Å². The number of benzene rings is 1. The van der Waals surface area contributed by atoms with Crippen LogP contribution in [0.25, 0.3) is 11.5 Å². The fraction of sp³-hybridized carbons (Fsp3) is 0.385. The van der Waals surface area contributed by atoms with Crippen molar-refractivity contribution in [3.8, 4) is 11.5 Å². The normalized spacial score (nSPS) is 17.7. The van der Waals surface area contributed by atoms with E-state index >= 15 is 0 Å². The van der Waals surface area contributed by atoms with Crippen LogP contribution >= 0.6 is 0 Å². The summed E-state index contributed by atoms with van der Waals surface area (Å²) in [4.78, 5) is 2.06. The van der Waals surface area contributed by atoms with Gasteiger partial charge in [0.25, 0.3) is 10.2 Å². The van der Waals surface area contributed by atoms with E-state index in [-0.39, 0.29) is 0 Å². The molecule has 0 bridgehead atoms. The second-order valence-electron chi connectivity index (χ2n) is 5.09. The topological polar surface area (TPSA) is 106 Å². The van der Waals surface area contributed by atoms with Gasteiger partial charge in [-0.05, 0) is 12.1 Å². The Morgan fingerprint density at radius 2 is 1.77 bits per heavy atom. The molecule has 3 rings (SSSR count). The van der Waals surface area contributed by atoms with Crippen molar-refractivity contribution in [2.45, 2.75) is 6.54 Å². The van der Waals surface area contributed by atoms with Crippen LogP contribution in [0.4, 0.5) is 0 Å². The van der Waals surface area contributed by atoms with Crippen LogP contribution in [0.15, 0.2) is 34.7 Å². The highest BCUT2D eigenvalue weighted by atomic mass is 32.2. The van der Waals surface area contributed by atoms with Gasteiger partial charge >= 0.3 is 0 Å². The first kappa shape index (κ1) is 15.1. The summed E-state index contributed by atoms with van der Waals surface area (Å²) >= 11 is 0. The first-order valence-corrected chi connectivity index (χ1v) is 8.41. The SMILES string of the molecule is NS(=O)(=O)N1CCN(Cc2nnc(-c3ccccc3)o2)CC1. The molecule has 2 heterocycles. The van der Waals surface area contributed by atoms with Crippen LogP contribution in [-0.4, -0.2) is 54.0 Å². The fourth-order valence-electron chi connectivity index (χ4n) is 2.35. The molecule has 0 atom stereocenters. The lowest BCUT2D eigenvalue weighted by Gasteiger charge is -2.31. The summed E-state index contributed by atoms with van der Waals surface area (Å²) in [5.41, 5.74) is 0.875. The van der Waals surface area contributed by atoms with Gasteiger partial charge in [-0.2, -0.15) is 12.7 Å². The van der Waals surface area contributed by atoms with Crippen LogP contribution in [0.3, 0.4) is 0 Å². The standard InChI is InChI=1S/C13H17N5O3S/c14-22(19,20)18-8-6-17(7-9-18)10-12-15-16-13(21-12)11-4-2-1-3-5-11/h1-5H,6-10H2,(H2,14,19,20). The van der Waals surface area contributed by atoms with E-state index in [1.54, 1.807) is 0 Å². The van der Waals surface area contributed by atoms with Crippen molar-refractivity contribution < 1.29 is 12.8 Å². The molecule has 1 saturated heterocycles. The van der Waals surface area contributed by atoms with Gasteiger partial charge in [-0.15, -0.1) is 10.2 Å². The number of aromatic nitrogens is 2. The van der Waals surface area contributed by atoms with Crippen LogP contribution < -0.4 is 5.14 Å². The highest BCUT2D eigenvalue weighted by Gasteiger charge is 2.24. The van der Waals surface area contributed by atoms with Crippen molar-refractivity contribution >= 4 is 10.2 Å². The van der Waals surface area contributed by atoms with Gasteiger partial charge < -0.3 is 4.42 Å². The Hall–Kier alpha value is -1.81. The molecule has 118 valence electrons. The molecule has 2 aromatic rings. The lowest BCUT2D eigenvalue weighted by atomic mass is 10.2. The van der Waals surface area contributed by atoms with Crippen molar-refractivity contribution in [1.82, 2.24) is 19.4 Å². The zero-order valence-electron chi connectivity index (χ0n) is 11.9. The molecule has 0 radical (unpaired) electrons. The summed E-state index contributed by atoms with van der Waals surface area (Å²) in [5.74, 6) is 1.00. The second kappa shape index (κ2) is 6.13. The molecule has 0 spiro atoms. The van der Waals surface area contributed by atoms with E-state index < -0.39 is 10.2 Å². The molecule has 2 N–H and O–H groups in total. The number of piperazine rings is 1. The van der Waals surface area contributed by atoms with Gasteiger partial charge in [0.1, 0.15) is 0 Å². The summed E-state index contributed by atoms with van der Waals surface area (Å²) in [6, 6.07) is 9.55. The number of nitrogens with two attached hydrogens (primary N) is 1. The summed E-state index contributed by atoms with van der Waals surface area (Å²) in [6.07, 6.45) is 0. The third kappa shape index (κ3) is 3.50. The van der Waals surface area contributed by atoms with Crippen molar-refractivity contribution in [3.63, 3.8) is 0 Å². The van der Waals surface area contributed by atoms with Gasteiger partial charge in [-0.1, -0.05) is 18.2 Å². The molecule has 1 fully saturated rings. The quantitative estimate of drug-likeness (QED) is 0.853. The van der Waals surface area contributed by atoms with E-state index in [0.29, 0.717) is 44.5 Å². The number of hydrogen-bond donors (Lipinski definition) is 1. The smallest absolute Gasteiger partial charge is 0.276 e. The van der Waals surface area contributed by atoms with Crippen LogP contribution in [0.5, 0.6) is 0 Å². The van der Waals surface area contributed by atoms with Crippen LogP contribution in [-0.2, 0) is 16.8 Å². The molecule has 0 amide bonds. The van der Waals surface area contributed by atoms with Crippen molar-refractivity contribution in [2.75, 3.05) is 26.2 Å². The predicted octanol–water partition coefficient (Wildman–Crippen LogP) is 0.0577. The van der Waals surface area contributed by atoms with E-state index in [0.717, 1.165) is 5.56 Å². The third-order valence-corrected chi connectivity index (χ3v) is 4.62. The zero-order chi connectivity index (χ0) is 15.6. The maximum Gasteiger partial charge on any atom is 0.276 e. The predicted molar refractivity (Wildman–Crippen MR) is 79.7 cm³/mol. The monoisotopic (exact) mass is 323 g/mol. The summed E-state index contributed by atoms with van der Waals surface area (Å²) in [7, 11) is -3.60. The Kier molecular flexibility index (Phi) is 4.21. The van der Waals surface area contributed by atoms with Crippen LogP contribution in [0.1, 0.15) is 5.89 Å². The molecule has 22 heavy (non-hydrogen) atoms. The van der Waals surface area contributed by atoms with Crippen molar-refractivity contribution in [3.05, 3.63) is 36.2 Å². The van der Waals surface area contributed by atoms with Crippen LogP contribution in [0, 0.1) is 0 Å². The number of nitrogens with zero attached hydrogens (tertiary/aromatic N) is 4. The molecule has 1 aliphatic rings. The van der Waals surface area contributed by atoms with Gasteiger partial charge in [-0.25, -0.2) is 5.14 Å². The van der Waals surface area contributed by atoms with Crippen molar-refractivity contribution in [1.29, 1.82) is 0 Å². The maximum absolute atomic E-state index is 11.3. The maximum atomic E-state index is 11.3. The average Bonchev–Trinajstić information content (AvgIpc) is 2.96. The Morgan fingerprint density at radius 3 is 2.41 bits per heavy atom. The Bertz CT molecular complexity index is 723. The highest BCUT2D eigenvalue weighted by molar-refractivity contribution is 7.86. The van der Waals surface area contributed by atoms with E-state index in [1.807, 2.05) is 30.3 Å². The molecule has 1 aliphatic heterocycles. The molecular formula is C13H17N5O3S. The average molecular weight is 323 g/mol. The van der Waals surface area contributed by atoms with E-state index in [4.69, 9.17) is 9.56 Å². The lowest BCUT2D eigenvalue weighted by molar-refractivity contribution is 0.168. The Morgan fingerprint density at radius 1 is 1.09 bits per heavy atom. The summed E-state index contributed by atoms with van der Waals surface area (Å²) in [5, 5.41) is 13.2. The summed E-state index contributed by atoms with van der Waals surface area (Å²) < 4.78 is 29.4. The largest absolute Gasteiger partial charge is 0.419 e. The van der Waals surface area contributed by atoms with Gasteiger partial charge in [0.05, 0.1) is 6.54 Å². The van der Waals surface area contributed by atoms with Gasteiger partial charge in [0.2, 0.25) is 11.8 Å². The van der Waals surface area contributed by atoms with Gasteiger partial charge in [0.15, 0.2) is 0 Å². The molecule has 9 heteroatoms. The lowest BCUT2D eigenvalue weighted by Crippen LogP contribution is -2.50. The Labute approximate surface area is 128 Å². The molecule has 0 unspecified atom stereocenters. The minimum atomic E-state index is -3.60. The van der Waals surface area contributed by atoms with Gasteiger partial charge in [0, 0.05) is 31.7 Å². The first-order valence-electron chi connectivity index (χ1n) is 6.90. The molecule has 0 saturated carbocycles. The van der Waals surface area contributed by atoms with E-state index in [1.165, 1.54) is 4.31 Å². The molecule has 0 aliphatic carbocycles. The van der Waals surface area contributed by atoms with Crippen molar-refractivity contribution in [2.24, 2.45) is 5.14 Å². The zero-order valence-corrected chi connectivity index (χ0v) is 12.7. The molecule has 1 aromatic heterocycles. The molecular weight excluding hydrogens is 306 g/mol. The van der Waals surface area contributed by atoms with Gasteiger partial charge in [-0.3, -0.25) is 4.90 Å². The summed E-state index contributed by atoms with van der Waals surface area (Å²) in [6.45, 7) is 2.41. The molecule has 8 nitrogen and oxygen atoms in total.